The molecule has 146 valence electrons. The van der Waals surface area contributed by atoms with E-state index >= 15 is 0 Å². The molecule has 2 aliphatic carbocycles. The SMILES string of the molecule is CC(=O)OC1([Si](Cl)(Cl)Cl)C2CCC(C2)C1CC(C(F)(F)F)C(F)(F)F. The van der Waals surface area contributed by atoms with Crippen LogP contribution in [-0.2, 0) is 9.53 Å². The van der Waals surface area contributed by atoms with Crippen molar-refractivity contribution in [1.29, 1.82) is 0 Å². The molecule has 0 aromatic rings. The third kappa shape index (κ3) is 3.89. The lowest BCUT2D eigenvalue weighted by Gasteiger charge is -2.47. The Kier molecular flexibility index (Phi) is 5.69. The molecule has 0 aromatic heterocycles. The summed E-state index contributed by atoms with van der Waals surface area (Å²) in [4.78, 5) is 11.5. The van der Waals surface area contributed by atoms with Crippen LogP contribution in [-0.4, -0.2) is 29.5 Å². The van der Waals surface area contributed by atoms with E-state index in [1.807, 2.05) is 0 Å². The van der Waals surface area contributed by atoms with Gasteiger partial charge in [0.05, 0.1) is 0 Å². The number of carbonyl (C=O) groups excluding carboxylic acids is 1. The second-order valence-corrected chi connectivity index (χ2v) is 15.3. The molecule has 2 rings (SSSR count). The lowest BCUT2D eigenvalue weighted by Crippen LogP contribution is -2.60. The molecule has 0 radical (unpaired) electrons. The predicted molar refractivity (Wildman–Crippen MR) is 82.3 cm³/mol. The van der Waals surface area contributed by atoms with Gasteiger partial charge in [0.2, 0.25) is 0 Å². The zero-order valence-corrected chi connectivity index (χ0v) is 16.1. The first-order valence-corrected chi connectivity index (χ1v) is 12.5. The van der Waals surface area contributed by atoms with Gasteiger partial charge in [0.1, 0.15) is 0 Å². The lowest BCUT2D eigenvalue weighted by molar-refractivity contribution is -0.291. The van der Waals surface area contributed by atoms with Crippen LogP contribution in [0.1, 0.15) is 32.6 Å². The standard InChI is InChI=1S/C13H15Cl3F6O2Si/c1-6(23)24-11(25(14,15)16)8-3-2-7(4-8)9(11)5-10(12(17,18)19)13(20,21)22/h7-10H,2-5H2,1H3. The van der Waals surface area contributed by atoms with Gasteiger partial charge in [-0.15, -0.1) is 33.2 Å². The first-order chi connectivity index (χ1) is 11.1. The highest BCUT2D eigenvalue weighted by atomic mass is 35.8. The van der Waals surface area contributed by atoms with Crippen LogP contribution in [0.3, 0.4) is 0 Å². The van der Waals surface area contributed by atoms with Gasteiger partial charge in [-0.25, -0.2) is 0 Å². The van der Waals surface area contributed by atoms with Gasteiger partial charge < -0.3 is 4.74 Å². The van der Waals surface area contributed by atoms with Gasteiger partial charge in [-0.3, -0.25) is 4.79 Å². The topological polar surface area (TPSA) is 26.3 Å². The minimum absolute atomic E-state index is 0.293. The van der Waals surface area contributed by atoms with Crippen molar-refractivity contribution in [1.82, 2.24) is 0 Å². The number of hydrogen-bond donors (Lipinski definition) is 0. The largest absolute Gasteiger partial charge is 0.458 e. The molecule has 0 saturated heterocycles. The molecule has 2 bridgehead atoms. The van der Waals surface area contributed by atoms with Crippen LogP contribution in [0.2, 0.25) is 0 Å². The Labute approximate surface area is 155 Å². The molecular weight excluding hydrogens is 437 g/mol. The maximum Gasteiger partial charge on any atom is 0.400 e. The molecule has 0 amide bonds. The van der Waals surface area contributed by atoms with Gasteiger partial charge >= 0.3 is 24.3 Å². The zero-order chi connectivity index (χ0) is 19.4. The highest BCUT2D eigenvalue weighted by Gasteiger charge is 2.72. The van der Waals surface area contributed by atoms with Crippen molar-refractivity contribution in [3.8, 4) is 0 Å². The van der Waals surface area contributed by atoms with E-state index in [0.717, 1.165) is 6.92 Å². The maximum absolute atomic E-state index is 13.0. The first kappa shape index (κ1) is 21.4. The summed E-state index contributed by atoms with van der Waals surface area (Å²) in [6.07, 6.45) is -11.1. The van der Waals surface area contributed by atoms with Crippen LogP contribution in [0, 0.1) is 23.7 Å². The average molecular weight is 452 g/mol. The van der Waals surface area contributed by atoms with Crippen molar-refractivity contribution in [3.05, 3.63) is 0 Å². The number of hydrogen-bond acceptors (Lipinski definition) is 2. The number of rotatable bonds is 4. The third-order valence-corrected chi connectivity index (χ3v) is 9.66. The minimum Gasteiger partial charge on any atom is -0.458 e. The maximum atomic E-state index is 13.0. The lowest BCUT2D eigenvalue weighted by atomic mass is 9.79. The highest BCUT2D eigenvalue weighted by Crippen LogP contribution is 2.64. The second kappa shape index (κ2) is 6.63. The summed E-state index contributed by atoms with van der Waals surface area (Å²) in [5.74, 6) is -6.76. The Morgan fingerprint density at radius 2 is 1.68 bits per heavy atom. The second-order valence-electron chi connectivity index (χ2n) is 6.63. The summed E-state index contributed by atoms with van der Waals surface area (Å²) in [6, 6.07) is -4.00. The molecule has 0 N–H and O–H groups in total. The van der Waals surface area contributed by atoms with Crippen molar-refractivity contribution in [2.24, 2.45) is 23.7 Å². The quantitative estimate of drug-likeness (QED) is 0.239. The van der Waals surface area contributed by atoms with Gasteiger partial charge in [0.15, 0.2) is 11.1 Å². The van der Waals surface area contributed by atoms with Gasteiger partial charge in [-0.2, -0.15) is 26.3 Å². The van der Waals surface area contributed by atoms with Crippen LogP contribution in [0.4, 0.5) is 26.3 Å². The van der Waals surface area contributed by atoms with E-state index in [4.69, 9.17) is 38.0 Å². The van der Waals surface area contributed by atoms with Crippen molar-refractivity contribution in [2.45, 2.75) is 50.2 Å². The molecule has 4 atom stereocenters. The molecule has 2 saturated carbocycles. The number of fused-ring (bicyclic) bond motifs is 2. The number of alkyl halides is 6. The van der Waals surface area contributed by atoms with E-state index in [1.54, 1.807) is 0 Å². The summed E-state index contributed by atoms with van der Waals surface area (Å²) in [7, 11) is 0. The van der Waals surface area contributed by atoms with Gasteiger partial charge in [0, 0.05) is 18.8 Å². The molecule has 0 spiro atoms. The van der Waals surface area contributed by atoms with Crippen LogP contribution < -0.4 is 0 Å². The molecule has 2 fully saturated rings. The fourth-order valence-corrected chi connectivity index (χ4v) is 9.15. The Bertz CT molecular complexity index is 521. The fourth-order valence-electron chi connectivity index (χ4n) is 4.39. The number of ether oxygens (including phenoxy) is 1. The van der Waals surface area contributed by atoms with Crippen molar-refractivity contribution < 1.29 is 35.9 Å². The van der Waals surface area contributed by atoms with Crippen molar-refractivity contribution in [3.63, 3.8) is 0 Å². The summed E-state index contributed by atoms with van der Waals surface area (Å²) in [5, 5.41) is -1.86. The van der Waals surface area contributed by atoms with Gasteiger partial charge in [-0.1, -0.05) is 0 Å². The molecule has 0 aromatic carbocycles. The molecule has 4 unspecified atom stereocenters. The van der Waals surface area contributed by atoms with Gasteiger partial charge in [0.25, 0.3) is 0 Å². The van der Waals surface area contributed by atoms with Crippen LogP contribution >= 0.6 is 33.2 Å². The fraction of sp³-hybridized carbons (Fsp3) is 0.923. The Balaban J connectivity index is 2.47. The molecule has 12 heteroatoms. The Morgan fingerprint density at radius 1 is 1.16 bits per heavy atom. The van der Waals surface area contributed by atoms with Crippen LogP contribution in [0.5, 0.6) is 0 Å². The average Bonchev–Trinajstić information content (AvgIpc) is 2.91. The number of halogens is 9. The van der Waals surface area contributed by atoms with Crippen LogP contribution in [0.25, 0.3) is 0 Å². The summed E-state index contributed by atoms with van der Waals surface area (Å²) in [6.45, 7) is 1.00. The van der Waals surface area contributed by atoms with Gasteiger partial charge in [-0.05, 0) is 31.6 Å². The van der Waals surface area contributed by atoms with E-state index in [2.05, 4.69) is 0 Å². The molecule has 0 aliphatic heterocycles. The Hall–Kier alpha value is 0.137. The first-order valence-electron chi connectivity index (χ1n) is 7.50. The third-order valence-electron chi connectivity index (χ3n) is 5.24. The molecule has 25 heavy (non-hydrogen) atoms. The van der Waals surface area contributed by atoms with E-state index in [1.165, 1.54) is 0 Å². The van der Waals surface area contributed by atoms with E-state index in [9.17, 15) is 31.1 Å². The van der Waals surface area contributed by atoms with Crippen molar-refractivity contribution >= 4 is 45.2 Å². The van der Waals surface area contributed by atoms with Crippen LogP contribution in [0.15, 0.2) is 0 Å². The molecule has 2 nitrogen and oxygen atoms in total. The summed E-state index contributed by atoms with van der Waals surface area (Å²) >= 11 is 18.2. The highest BCUT2D eigenvalue weighted by molar-refractivity contribution is 7.65. The molecule has 2 aliphatic rings. The zero-order valence-electron chi connectivity index (χ0n) is 12.9. The minimum atomic E-state index is -5.49. The summed E-state index contributed by atoms with van der Waals surface area (Å²) < 4.78 is 83.3. The predicted octanol–water partition coefficient (Wildman–Crippen LogP) is 5.66. The smallest absolute Gasteiger partial charge is 0.400 e. The van der Waals surface area contributed by atoms with E-state index in [0.29, 0.717) is 19.3 Å². The van der Waals surface area contributed by atoms with E-state index in [-0.39, 0.29) is 0 Å². The normalized spacial score (nSPS) is 33.2. The number of carbonyl (C=O) groups is 1. The van der Waals surface area contributed by atoms with Crippen molar-refractivity contribution in [2.75, 3.05) is 0 Å². The monoisotopic (exact) mass is 450 g/mol. The Morgan fingerprint density at radius 3 is 2.08 bits per heavy atom. The van der Waals surface area contributed by atoms with E-state index < -0.39 is 59.6 Å². The molecular formula is C13H15Cl3F6O2Si. The summed E-state index contributed by atoms with van der Waals surface area (Å²) in [5.41, 5.74) is 0. The molecule has 0 heterocycles. The number of esters is 1.